The minimum atomic E-state index is -0.420. The van der Waals surface area contributed by atoms with Gasteiger partial charge in [0.05, 0.1) is 12.0 Å². The summed E-state index contributed by atoms with van der Waals surface area (Å²) in [5.41, 5.74) is 1.31. The number of nitrogens with one attached hydrogen (secondary N) is 2. The van der Waals surface area contributed by atoms with Crippen LogP contribution in [0.3, 0.4) is 0 Å². The maximum atomic E-state index is 12.6. The largest absolute Gasteiger partial charge is 0.459 e. The Kier molecular flexibility index (Phi) is 7.26. The minimum absolute atomic E-state index is 0.0151. The monoisotopic (exact) mass is 487 g/mol. The van der Waals surface area contributed by atoms with Gasteiger partial charge in [-0.25, -0.2) is 9.78 Å². The van der Waals surface area contributed by atoms with Gasteiger partial charge >= 0.3 is 6.03 Å². The Hall–Kier alpha value is -3.37. The molecular formula is C22H22ClN5O4S. The third-order valence-corrected chi connectivity index (χ3v) is 6.14. The molecule has 1 aromatic carbocycles. The van der Waals surface area contributed by atoms with Gasteiger partial charge in [0.2, 0.25) is 5.91 Å². The number of aryl methyl sites for hydroxylation is 1. The number of aromatic nitrogens is 1. The molecule has 3 aromatic rings. The topological polar surface area (TPSA) is 108 Å². The fraction of sp³-hybridized carbons (Fsp3) is 0.273. The molecule has 0 bridgehead atoms. The molecule has 4 amide bonds. The van der Waals surface area contributed by atoms with Crippen molar-refractivity contribution in [2.45, 2.75) is 12.8 Å². The number of rotatable bonds is 6. The van der Waals surface area contributed by atoms with Gasteiger partial charge in [0.1, 0.15) is 0 Å². The highest BCUT2D eigenvalue weighted by Crippen LogP contribution is 2.19. The van der Waals surface area contributed by atoms with Crippen LogP contribution in [0, 0.1) is 0 Å². The molecule has 0 aliphatic carbocycles. The number of thiazole rings is 1. The average molecular weight is 488 g/mol. The molecular weight excluding hydrogens is 466 g/mol. The van der Waals surface area contributed by atoms with Crippen molar-refractivity contribution in [2.75, 3.05) is 36.8 Å². The molecule has 3 heterocycles. The van der Waals surface area contributed by atoms with Crippen LogP contribution in [0.25, 0.3) is 0 Å². The number of hydrogen-bond acceptors (Lipinski definition) is 6. The molecule has 0 unspecified atom stereocenters. The minimum Gasteiger partial charge on any atom is -0.459 e. The van der Waals surface area contributed by atoms with E-state index in [0.717, 1.165) is 5.69 Å². The number of carbonyl (C=O) groups excluding carboxylic acids is 3. The van der Waals surface area contributed by atoms with Gasteiger partial charge in [-0.05, 0) is 36.8 Å². The lowest BCUT2D eigenvalue weighted by molar-refractivity contribution is -0.132. The van der Waals surface area contributed by atoms with Gasteiger partial charge in [-0.3, -0.25) is 14.9 Å². The molecule has 33 heavy (non-hydrogen) atoms. The van der Waals surface area contributed by atoms with Crippen LogP contribution in [0.15, 0.2) is 52.5 Å². The van der Waals surface area contributed by atoms with Crippen molar-refractivity contribution in [3.05, 3.63) is 64.5 Å². The number of piperazine rings is 1. The van der Waals surface area contributed by atoms with Gasteiger partial charge in [-0.1, -0.05) is 17.7 Å². The van der Waals surface area contributed by atoms with Crippen LogP contribution in [-0.2, 0) is 11.2 Å². The summed E-state index contributed by atoms with van der Waals surface area (Å²) in [6, 6.07) is 9.74. The van der Waals surface area contributed by atoms with Gasteiger partial charge in [0, 0.05) is 48.7 Å². The second-order valence-corrected chi connectivity index (χ2v) is 8.68. The first-order chi connectivity index (χ1) is 16.0. The lowest BCUT2D eigenvalue weighted by Gasteiger charge is -2.34. The van der Waals surface area contributed by atoms with Gasteiger partial charge in [-0.2, -0.15) is 0 Å². The second-order valence-electron chi connectivity index (χ2n) is 7.38. The predicted molar refractivity (Wildman–Crippen MR) is 126 cm³/mol. The number of hydrogen-bond donors (Lipinski definition) is 2. The fourth-order valence-electron chi connectivity index (χ4n) is 3.41. The van der Waals surface area contributed by atoms with E-state index in [-0.39, 0.29) is 11.8 Å². The molecule has 0 spiro atoms. The zero-order valence-corrected chi connectivity index (χ0v) is 19.2. The number of benzene rings is 1. The van der Waals surface area contributed by atoms with Crippen LogP contribution < -0.4 is 10.6 Å². The third-order valence-electron chi connectivity index (χ3n) is 5.10. The summed E-state index contributed by atoms with van der Waals surface area (Å²) >= 11 is 7.21. The number of anilines is 2. The SMILES string of the molecule is O=C(Nc1cccc(Cl)c1)Nc1nc(CCC(=O)N2CCN(C(=O)c3ccco3)CC2)cs1. The van der Waals surface area contributed by atoms with Crippen LogP contribution in [0.4, 0.5) is 15.6 Å². The van der Waals surface area contributed by atoms with Gasteiger partial charge < -0.3 is 19.5 Å². The van der Waals surface area contributed by atoms with Gasteiger partial charge in [0.15, 0.2) is 10.9 Å². The van der Waals surface area contributed by atoms with Gasteiger partial charge in [0.25, 0.3) is 5.91 Å². The molecule has 0 atom stereocenters. The summed E-state index contributed by atoms with van der Waals surface area (Å²) in [5, 5.41) is 8.17. The fourth-order valence-corrected chi connectivity index (χ4v) is 4.34. The summed E-state index contributed by atoms with van der Waals surface area (Å²) in [6.07, 6.45) is 2.25. The van der Waals surface area contributed by atoms with Crippen molar-refractivity contribution in [3.8, 4) is 0 Å². The van der Waals surface area contributed by atoms with Crippen molar-refractivity contribution in [1.82, 2.24) is 14.8 Å². The highest BCUT2D eigenvalue weighted by Gasteiger charge is 2.26. The molecule has 172 valence electrons. The first-order valence-electron chi connectivity index (χ1n) is 10.4. The Morgan fingerprint density at radius 2 is 1.85 bits per heavy atom. The second kappa shape index (κ2) is 10.5. The Bertz CT molecular complexity index is 1130. The van der Waals surface area contributed by atoms with Crippen molar-refractivity contribution in [3.63, 3.8) is 0 Å². The highest BCUT2D eigenvalue weighted by atomic mass is 35.5. The Labute approximate surface area is 199 Å². The third kappa shape index (κ3) is 6.11. The molecule has 4 rings (SSSR count). The summed E-state index contributed by atoms with van der Waals surface area (Å²) in [4.78, 5) is 44.9. The molecule has 1 aliphatic rings. The summed E-state index contributed by atoms with van der Waals surface area (Å²) in [7, 11) is 0. The molecule has 9 nitrogen and oxygen atoms in total. The van der Waals surface area contributed by atoms with Crippen LogP contribution in [0.2, 0.25) is 5.02 Å². The Morgan fingerprint density at radius 1 is 1.06 bits per heavy atom. The molecule has 2 N–H and O–H groups in total. The molecule has 1 saturated heterocycles. The van der Waals surface area contributed by atoms with E-state index in [1.807, 2.05) is 5.38 Å². The maximum absolute atomic E-state index is 12.6. The molecule has 1 fully saturated rings. The van der Waals surface area contributed by atoms with Crippen LogP contribution in [0.5, 0.6) is 0 Å². The van der Waals surface area contributed by atoms with E-state index in [9.17, 15) is 14.4 Å². The number of urea groups is 1. The van der Waals surface area contributed by atoms with E-state index >= 15 is 0 Å². The average Bonchev–Trinajstić information content (AvgIpc) is 3.49. The zero-order valence-electron chi connectivity index (χ0n) is 17.6. The standard InChI is InChI=1S/C22H22ClN5O4S/c23-15-3-1-4-16(13-15)24-21(31)26-22-25-17(14-33-22)6-7-19(29)27-8-10-28(11-9-27)20(30)18-5-2-12-32-18/h1-5,12-14H,6-11H2,(H2,24,25,26,31). The lowest BCUT2D eigenvalue weighted by Crippen LogP contribution is -2.50. The van der Waals surface area contributed by atoms with Gasteiger partial charge in [-0.15, -0.1) is 11.3 Å². The first kappa shape index (κ1) is 22.8. The summed E-state index contributed by atoms with van der Waals surface area (Å²) < 4.78 is 5.16. The quantitative estimate of drug-likeness (QED) is 0.547. The zero-order chi connectivity index (χ0) is 23.2. The number of carbonyl (C=O) groups is 3. The van der Waals surface area contributed by atoms with Crippen LogP contribution >= 0.6 is 22.9 Å². The molecule has 11 heteroatoms. The number of nitrogens with zero attached hydrogens (tertiary/aromatic N) is 3. The lowest BCUT2D eigenvalue weighted by atomic mass is 10.2. The summed E-state index contributed by atoms with van der Waals surface area (Å²) in [5.74, 6) is 0.166. The van der Waals surface area contributed by atoms with Crippen molar-refractivity contribution < 1.29 is 18.8 Å². The van der Waals surface area contributed by atoms with Crippen molar-refractivity contribution in [1.29, 1.82) is 0 Å². The Balaban J connectivity index is 1.20. The summed E-state index contributed by atoms with van der Waals surface area (Å²) in [6.45, 7) is 1.91. The molecule has 0 saturated carbocycles. The van der Waals surface area contributed by atoms with Crippen molar-refractivity contribution in [2.24, 2.45) is 0 Å². The normalized spacial score (nSPS) is 13.6. The number of amides is 4. The van der Waals surface area contributed by atoms with E-state index in [0.29, 0.717) is 60.6 Å². The maximum Gasteiger partial charge on any atom is 0.325 e. The molecule has 0 radical (unpaired) electrons. The van der Waals surface area contributed by atoms with E-state index in [2.05, 4.69) is 15.6 Å². The Morgan fingerprint density at radius 3 is 2.58 bits per heavy atom. The van der Waals surface area contributed by atoms with Crippen molar-refractivity contribution >= 4 is 51.6 Å². The van der Waals surface area contributed by atoms with E-state index < -0.39 is 6.03 Å². The van der Waals surface area contributed by atoms with E-state index in [4.69, 9.17) is 16.0 Å². The first-order valence-corrected chi connectivity index (χ1v) is 11.6. The number of halogens is 1. The number of furan rings is 1. The smallest absolute Gasteiger partial charge is 0.325 e. The predicted octanol–water partition coefficient (Wildman–Crippen LogP) is 3.95. The van der Waals surface area contributed by atoms with Crippen LogP contribution in [-0.4, -0.2) is 58.8 Å². The molecule has 2 aromatic heterocycles. The van der Waals surface area contributed by atoms with E-state index in [1.165, 1.54) is 17.6 Å². The highest BCUT2D eigenvalue weighted by molar-refractivity contribution is 7.13. The molecule has 1 aliphatic heterocycles. The van der Waals surface area contributed by atoms with E-state index in [1.54, 1.807) is 46.2 Å². The van der Waals surface area contributed by atoms with Crippen LogP contribution in [0.1, 0.15) is 22.7 Å².